The lowest BCUT2D eigenvalue weighted by Crippen LogP contribution is -2.36. The monoisotopic (exact) mass is 494 g/mol. The second kappa shape index (κ2) is 10.7. The minimum absolute atomic E-state index is 0.00953. The van der Waals surface area contributed by atoms with Crippen LogP contribution in [0.2, 0.25) is 0 Å². The van der Waals surface area contributed by atoms with Crippen molar-refractivity contribution in [2.45, 2.75) is 24.4 Å². The highest BCUT2D eigenvalue weighted by Crippen LogP contribution is 2.25. The maximum absolute atomic E-state index is 13.2. The lowest BCUT2D eigenvalue weighted by Gasteiger charge is -2.28. The standard InChI is InChI=1S/C26H26N2O6S/c1-33-23-11-9-19(10-12-23)16-27-25(29)18-34-26(30)21-7-4-8-24(15-21)35(31,32)28-14-13-20-5-2-3-6-22(20)17-28/h2-12,15H,13-14,16-18H2,1H3,(H,27,29). The van der Waals surface area contributed by atoms with Crippen molar-refractivity contribution in [3.8, 4) is 5.75 Å². The summed E-state index contributed by atoms with van der Waals surface area (Å²) in [5, 5.41) is 2.67. The maximum atomic E-state index is 13.2. The van der Waals surface area contributed by atoms with E-state index in [1.807, 2.05) is 36.4 Å². The third-order valence-electron chi connectivity index (χ3n) is 5.79. The van der Waals surface area contributed by atoms with Gasteiger partial charge in [-0.1, -0.05) is 42.5 Å². The summed E-state index contributed by atoms with van der Waals surface area (Å²) in [6.07, 6.45) is 0.628. The van der Waals surface area contributed by atoms with E-state index in [9.17, 15) is 18.0 Å². The number of methoxy groups -OCH3 is 1. The number of hydrogen-bond acceptors (Lipinski definition) is 6. The Kier molecular flexibility index (Phi) is 7.48. The zero-order valence-corrected chi connectivity index (χ0v) is 20.1. The van der Waals surface area contributed by atoms with Gasteiger partial charge in [0.1, 0.15) is 5.75 Å². The van der Waals surface area contributed by atoms with E-state index in [2.05, 4.69) is 5.32 Å². The largest absolute Gasteiger partial charge is 0.497 e. The molecule has 0 spiro atoms. The number of amides is 1. The summed E-state index contributed by atoms with van der Waals surface area (Å²) < 4.78 is 38.0. The Bertz CT molecular complexity index is 1320. The van der Waals surface area contributed by atoms with Crippen LogP contribution >= 0.6 is 0 Å². The number of nitrogens with one attached hydrogen (secondary N) is 1. The molecule has 1 heterocycles. The maximum Gasteiger partial charge on any atom is 0.338 e. The first-order valence-electron chi connectivity index (χ1n) is 11.1. The van der Waals surface area contributed by atoms with Crippen molar-refractivity contribution in [3.63, 3.8) is 0 Å². The van der Waals surface area contributed by atoms with Crippen molar-refractivity contribution < 1.29 is 27.5 Å². The van der Waals surface area contributed by atoms with E-state index in [0.717, 1.165) is 16.7 Å². The van der Waals surface area contributed by atoms with E-state index in [1.54, 1.807) is 19.2 Å². The topological polar surface area (TPSA) is 102 Å². The quantitative estimate of drug-likeness (QED) is 0.483. The van der Waals surface area contributed by atoms with Gasteiger partial charge >= 0.3 is 5.97 Å². The van der Waals surface area contributed by atoms with E-state index in [4.69, 9.17) is 9.47 Å². The Labute approximate surface area is 204 Å². The highest BCUT2D eigenvalue weighted by atomic mass is 32.2. The van der Waals surface area contributed by atoms with Crippen molar-refractivity contribution in [1.29, 1.82) is 0 Å². The van der Waals surface area contributed by atoms with Crippen molar-refractivity contribution >= 4 is 21.9 Å². The zero-order valence-electron chi connectivity index (χ0n) is 19.3. The molecule has 8 nitrogen and oxygen atoms in total. The number of hydrogen-bond donors (Lipinski definition) is 1. The first kappa shape index (κ1) is 24.4. The second-order valence-corrected chi connectivity index (χ2v) is 10.0. The number of ether oxygens (including phenoxy) is 2. The van der Waals surface area contributed by atoms with Crippen LogP contribution in [0, 0.1) is 0 Å². The fourth-order valence-corrected chi connectivity index (χ4v) is 5.28. The van der Waals surface area contributed by atoms with Gasteiger partial charge < -0.3 is 14.8 Å². The zero-order chi connectivity index (χ0) is 24.8. The first-order chi connectivity index (χ1) is 16.9. The molecule has 1 aliphatic rings. The van der Waals surface area contributed by atoms with E-state index in [1.165, 1.54) is 28.6 Å². The van der Waals surface area contributed by atoms with E-state index in [0.29, 0.717) is 18.7 Å². The molecule has 0 fully saturated rings. The fraction of sp³-hybridized carbons (Fsp3) is 0.231. The molecule has 9 heteroatoms. The van der Waals surface area contributed by atoms with Gasteiger partial charge in [0.2, 0.25) is 10.0 Å². The van der Waals surface area contributed by atoms with Gasteiger partial charge in [-0.2, -0.15) is 4.31 Å². The van der Waals surface area contributed by atoms with Crippen molar-refractivity contribution in [2.24, 2.45) is 0 Å². The van der Waals surface area contributed by atoms with Crippen LogP contribution in [-0.2, 0) is 39.1 Å². The van der Waals surface area contributed by atoms with Gasteiger partial charge in [-0.15, -0.1) is 0 Å². The van der Waals surface area contributed by atoms with Gasteiger partial charge in [-0.25, -0.2) is 13.2 Å². The minimum Gasteiger partial charge on any atom is -0.497 e. The number of rotatable bonds is 8. The Morgan fingerprint density at radius 3 is 2.46 bits per heavy atom. The molecule has 182 valence electrons. The molecule has 35 heavy (non-hydrogen) atoms. The predicted molar refractivity (Wildman–Crippen MR) is 129 cm³/mol. The number of benzene rings is 3. The molecule has 0 atom stereocenters. The van der Waals surface area contributed by atoms with E-state index < -0.39 is 28.5 Å². The highest BCUT2D eigenvalue weighted by Gasteiger charge is 2.28. The molecule has 0 radical (unpaired) electrons. The summed E-state index contributed by atoms with van der Waals surface area (Å²) in [6, 6.07) is 20.6. The third kappa shape index (κ3) is 5.87. The van der Waals surface area contributed by atoms with Crippen LogP contribution in [0.25, 0.3) is 0 Å². The molecule has 0 aliphatic carbocycles. The Morgan fingerprint density at radius 1 is 0.971 bits per heavy atom. The molecule has 0 unspecified atom stereocenters. The molecule has 0 saturated carbocycles. The molecule has 1 N–H and O–H groups in total. The highest BCUT2D eigenvalue weighted by molar-refractivity contribution is 7.89. The summed E-state index contributed by atoms with van der Waals surface area (Å²) >= 11 is 0. The first-order valence-corrected chi connectivity index (χ1v) is 12.5. The van der Waals surface area contributed by atoms with Crippen molar-refractivity contribution in [1.82, 2.24) is 9.62 Å². The number of carbonyl (C=O) groups is 2. The molecular formula is C26H26N2O6S. The van der Waals surface area contributed by atoms with Crippen LogP contribution < -0.4 is 10.1 Å². The molecule has 0 bridgehead atoms. The fourth-order valence-electron chi connectivity index (χ4n) is 3.82. The molecule has 0 aromatic heterocycles. The SMILES string of the molecule is COc1ccc(CNC(=O)COC(=O)c2cccc(S(=O)(=O)N3CCc4ccccc4C3)c2)cc1. The number of esters is 1. The summed E-state index contributed by atoms with van der Waals surface area (Å²) in [7, 11) is -2.23. The molecule has 1 aliphatic heterocycles. The Balaban J connectivity index is 1.34. The van der Waals surface area contributed by atoms with Crippen molar-refractivity contribution in [2.75, 3.05) is 20.3 Å². The average molecular weight is 495 g/mol. The predicted octanol–water partition coefficient (Wildman–Crippen LogP) is 2.92. The summed E-state index contributed by atoms with van der Waals surface area (Å²) in [5.41, 5.74) is 3.04. The Hall–Kier alpha value is -3.69. The van der Waals surface area contributed by atoms with Gasteiger partial charge in [0, 0.05) is 19.6 Å². The summed E-state index contributed by atoms with van der Waals surface area (Å²) in [6.45, 7) is 0.436. The summed E-state index contributed by atoms with van der Waals surface area (Å²) in [5.74, 6) is -0.529. The lowest BCUT2D eigenvalue weighted by molar-refractivity contribution is -0.124. The van der Waals surface area contributed by atoms with Crippen LogP contribution in [0.15, 0.2) is 77.7 Å². The van der Waals surface area contributed by atoms with E-state index in [-0.39, 0.29) is 23.5 Å². The molecule has 1 amide bonds. The number of fused-ring (bicyclic) bond motifs is 1. The molecule has 3 aromatic carbocycles. The van der Waals surface area contributed by atoms with Crippen LogP contribution in [0.5, 0.6) is 5.75 Å². The van der Waals surface area contributed by atoms with Crippen LogP contribution in [0.3, 0.4) is 0 Å². The smallest absolute Gasteiger partial charge is 0.338 e. The normalized spacial score (nSPS) is 13.5. The van der Waals surface area contributed by atoms with Gasteiger partial charge in [-0.3, -0.25) is 4.79 Å². The summed E-state index contributed by atoms with van der Waals surface area (Å²) in [4.78, 5) is 24.6. The van der Waals surface area contributed by atoms with Crippen LogP contribution in [0.1, 0.15) is 27.0 Å². The van der Waals surface area contributed by atoms with Gasteiger partial charge in [0.05, 0.1) is 17.6 Å². The van der Waals surface area contributed by atoms with Gasteiger partial charge in [0.15, 0.2) is 6.61 Å². The third-order valence-corrected chi connectivity index (χ3v) is 7.63. The second-order valence-electron chi connectivity index (χ2n) is 8.09. The van der Waals surface area contributed by atoms with Crippen LogP contribution in [-0.4, -0.2) is 44.9 Å². The number of carbonyl (C=O) groups excluding carboxylic acids is 2. The Morgan fingerprint density at radius 2 is 1.71 bits per heavy atom. The lowest BCUT2D eigenvalue weighted by atomic mass is 10.0. The number of sulfonamides is 1. The average Bonchev–Trinajstić information content (AvgIpc) is 2.90. The molecular weight excluding hydrogens is 468 g/mol. The van der Waals surface area contributed by atoms with Gasteiger partial charge in [0.25, 0.3) is 5.91 Å². The van der Waals surface area contributed by atoms with Crippen LogP contribution in [0.4, 0.5) is 0 Å². The minimum atomic E-state index is -3.80. The molecule has 4 rings (SSSR count). The number of nitrogens with zero attached hydrogens (tertiary/aromatic N) is 1. The molecule has 3 aromatic rings. The van der Waals surface area contributed by atoms with E-state index >= 15 is 0 Å². The van der Waals surface area contributed by atoms with Gasteiger partial charge in [-0.05, 0) is 53.4 Å². The molecule has 0 saturated heterocycles. The van der Waals surface area contributed by atoms with Crippen molar-refractivity contribution in [3.05, 3.63) is 95.1 Å².